The quantitative estimate of drug-likeness (QED) is 0.558. The van der Waals surface area contributed by atoms with Crippen molar-refractivity contribution in [3.05, 3.63) is 48.6 Å². The molecule has 13 heavy (non-hydrogen) atoms. The average molecular weight is 176 g/mol. The number of epoxide rings is 1. The zero-order chi connectivity index (χ0) is 9.31. The zero-order valence-corrected chi connectivity index (χ0v) is 7.31. The summed E-state index contributed by atoms with van der Waals surface area (Å²) < 4.78 is 5.10. The Kier molecular flexibility index (Phi) is 1.94. The fourth-order valence-electron chi connectivity index (χ4n) is 1.44. The van der Waals surface area contributed by atoms with E-state index >= 15 is 0 Å². The predicted molar refractivity (Wildman–Crippen MR) is 50.3 cm³/mol. The van der Waals surface area contributed by atoms with E-state index in [0.717, 1.165) is 5.56 Å². The van der Waals surface area contributed by atoms with E-state index in [0.29, 0.717) is 6.61 Å². The summed E-state index contributed by atoms with van der Waals surface area (Å²) in [6.07, 6.45) is 1.42. The molecule has 1 saturated heterocycles. The molecular weight excluding hydrogens is 164 g/mol. The van der Waals surface area contributed by atoms with Crippen molar-refractivity contribution < 1.29 is 9.84 Å². The SMILES string of the molecule is C=C[C@@](O)(c1ccccc1)[C@H]1CO1. The summed E-state index contributed by atoms with van der Waals surface area (Å²) in [4.78, 5) is 0. The second-order valence-corrected chi connectivity index (χ2v) is 3.22. The second-order valence-electron chi connectivity index (χ2n) is 3.22. The Morgan fingerprint density at radius 3 is 2.54 bits per heavy atom. The average Bonchev–Trinajstić information content (AvgIpc) is 3.02. The third-order valence-corrected chi connectivity index (χ3v) is 2.37. The van der Waals surface area contributed by atoms with Crippen LogP contribution in [-0.4, -0.2) is 17.8 Å². The van der Waals surface area contributed by atoms with E-state index in [2.05, 4.69) is 6.58 Å². The van der Waals surface area contributed by atoms with Crippen molar-refractivity contribution in [3.8, 4) is 0 Å². The van der Waals surface area contributed by atoms with E-state index in [9.17, 15) is 5.11 Å². The maximum Gasteiger partial charge on any atom is 0.136 e. The molecule has 2 rings (SSSR count). The first-order valence-electron chi connectivity index (χ1n) is 4.30. The molecule has 0 aromatic heterocycles. The second kappa shape index (κ2) is 2.98. The van der Waals surface area contributed by atoms with E-state index < -0.39 is 5.60 Å². The Bertz CT molecular complexity index is 303. The molecule has 1 aromatic carbocycles. The number of hydrogen-bond acceptors (Lipinski definition) is 2. The van der Waals surface area contributed by atoms with Crippen LogP contribution in [0.4, 0.5) is 0 Å². The van der Waals surface area contributed by atoms with Crippen LogP contribution in [0.25, 0.3) is 0 Å². The van der Waals surface area contributed by atoms with Crippen molar-refractivity contribution in [2.45, 2.75) is 11.7 Å². The van der Waals surface area contributed by atoms with Crippen LogP contribution in [0.2, 0.25) is 0 Å². The number of aliphatic hydroxyl groups is 1. The normalized spacial score (nSPS) is 24.8. The molecule has 1 heterocycles. The number of benzene rings is 1. The van der Waals surface area contributed by atoms with Gasteiger partial charge in [-0.2, -0.15) is 0 Å². The number of ether oxygens (including phenoxy) is 1. The minimum Gasteiger partial charge on any atom is -0.378 e. The Labute approximate surface area is 77.5 Å². The van der Waals surface area contributed by atoms with E-state index in [-0.39, 0.29) is 6.10 Å². The van der Waals surface area contributed by atoms with Gasteiger partial charge in [-0.25, -0.2) is 0 Å². The lowest BCUT2D eigenvalue weighted by Crippen LogP contribution is -2.29. The van der Waals surface area contributed by atoms with Crippen molar-refractivity contribution in [1.82, 2.24) is 0 Å². The van der Waals surface area contributed by atoms with Crippen molar-refractivity contribution in [1.29, 1.82) is 0 Å². The van der Waals surface area contributed by atoms with Crippen LogP contribution in [-0.2, 0) is 10.3 Å². The Morgan fingerprint density at radius 2 is 2.08 bits per heavy atom. The van der Waals surface area contributed by atoms with Gasteiger partial charge in [0.1, 0.15) is 11.7 Å². The molecule has 1 fully saturated rings. The molecule has 0 aliphatic carbocycles. The molecule has 1 aromatic rings. The molecule has 68 valence electrons. The van der Waals surface area contributed by atoms with Crippen LogP contribution < -0.4 is 0 Å². The molecule has 1 N–H and O–H groups in total. The molecule has 0 bridgehead atoms. The fourth-order valence-corrected chi connectivity index (χ4v) is 1.44. The van der Waals surface area contributed by atoms with E-state index in [4.69, 9.17) is 4.74 Å². The topological polar surface area (TPSA) is 32.8 Å². The molecule has 0 radical (unpaired) electrons. The highest BCUT2D eigenvalue weighted by Crippen LogP contribution is 2.34. The fraction of sp³-hybridized carbons (Fsp3) is 0.273. The summed E-state index contributed by atoms with van der Waals surface area (Å²) in [5.74, 6) is 0. The van der Waals surface area contributed by atoms with Crippen LogP contribution in [0, 0.1) is 0 Å². The summed E-state index contributed by atoms with van der Waals surface area (Å²) in [6, 6.07) is 9.46. The molecular formula is C11H12O2. The number of hydrogen-bond donors (Lipinski definition) is 1. The summed E-state index contributed by atoms with van der Waals surface area (Å²) >= 11 is 0. The van der Waals surface area contributed by atoms with Gasteiger partial charge in [0.05, 0.1) is 6.61 Å². The molecule has 1 aliphatic rings. The van der Waals surface area contributed by atoms with E-state index in [1.807, 2.05) is 30.3 Å². The summed E-state index contributed by atoms with van der Waals surface area (Å²) in [5.41, 5.74) is -0.172. The Hall–Kier alpha value is -1.12. The lowest BCUT2D eigenvalue weighted by Gasteiger charge is -2.22. The highest BCUT2D eigenvalue weighted by Gasteiger charge is 2.44. The van der Waals surface area contributed by atoms with Crippen molar-refractivity contribution in [2.24, 2.45) is 0 Å². The molecule has 2 atom stereocenters. The monoisotopic (exact) mass is 176 g/mol. The van der Waals surface area contributed by atoms with Gasteiger partial charge < -0.3 is 9.84 Å². The molecule has 2 heteroatoms. The van der Waals surface area contributed by atoms with Gasteiger partial charge in [-0.05, 0) is 5.56 Å². The minimum atomic E-state index is -1.01. The van der Waals surface area contributed by atoms with Crippen LogP contribution in [0.1, 0.15) is 5.56 Å². The van der Waals surface area contributed by atoms with Crippen LogP contribution in [0.15, 0.2) is 43.0 Å². The molecule has 0 saturated carbocycles. The smallest absolute Gasteiger partial charge is 0.136 e. The molecule has 1 aliphatic heterocycles. The first-order valence-corrected chi connectivity index (χ1v) is 4.30. The maximum absolute atomic E-state index is 10.2. The van der Waals surface area contributed by atoms with Gasteiger partial charge in [0.2, 0.25) is 0 Å². The first-order chi connectivity index (χ1) is 6.27. The highest BCUT2D eigenvalue weighted by molar-refractivity contribution is 5.29. The summed E-state index contributed by atoms with van der Waals surface area (Å²) in [6.45, 7) is 4.25. The van der Waals surface area contributed by atoms with Gasteiger partial charge in [0.25, 0.3) is 0 Å². The van der Waals surface area contributed by atoms with Gasteiger partial charge in [0, 0.05) is 0 Å². The molecule has 0 unspecified atom stereocenters. The Balaban J connectivity index is 2.36. The van der Waals surface area contributed by atoms with E-state index in [1.54, 1.807) is 6.08 Å². The molecule has 2 nitrogen and oxygen atoms in total. The summed E-state index contributed by atoms with van der Waals surface area (Å²) in [5, 5.41) is 10.2. The molecule has 0 spiro atoms. The van der Waals surface area contributed by atoms with Crippen molar-refractivity contribution in [3.63, 3.8) is 0 Å². The Morgan fingerprint density at radius 1 is 1.46 bits per heavy atom. The largest absolute Gasteiger partial charge is 0.378 e. The van der Waals surface area contributed by atoms with Crippen LogP contribution >= 0.6 is 0 Å². The van der Waals surface area contributed by atoms with E-state index in [1.165, 1.54) is 0 Å². The van der Waals surface area contributed by atoms with Crippen molar-refractivity contribution >= 4 is 0 Å². The lowest BCUT2D eigenvalue weighted by atomic mass is 9.91. The third-order valence-electron chi connectivity index (χ3n) is 2.37. The summed E-state index contributed by atoms with van der Waals surface area (Å²) in [7, 11) is 0. The van der Waals surface area contributed by atoms with Crippen LogP contribution in [0.3, 0.4) is 0 Å². The lowest BCUT2D eigenvalue weighted by molar-refractivity contribution is 0.0560. The van der Waals surface area contributed by atoms with Crippen molar-refractivity contribution in [2.75, 3.05) is 6.61 Å². The van der Waals surface area contributed by atoms with Crippen LogP contribution in [0.5, 0.6) is 0 Å². The number of rotatable bonds is 3. The van der Waals surface area contributed by atoms with Gasteiger partial charge in [-0.15, -0.1) is 0 Å². The predicted octanol–water partition coefficient (Wildman–Crippen LogP) is 1.46. The van der Waals surface area contributed by atoms with Gasteiger partial charge in [-0.1, -0.05) is 43.0 Å². The minimum absolute atomic E-state index is 0.118. The first kappa shape index (κ1) is 8.48. The molecule has 0 amide bonds. The van der Waals surface area contributed by atoms with Gasteiger partial charge >= 0.3 is 0 Å². The standard InChI is InChI=1S/C11H12O2/c1-2-11(12,10-8-13-10)9-6-4-3-5-7-9/h2-7,10,12H,1,8H2/t10-,11-/m1/s1. The zero-order valence-electron chi connectivity index (χ0n) is 7.31. The van der Waals surface area contributed by atoms with Gasteiger partial charge in [0.15, 0.2) is 0 Å². The maximum atomic E-state index is 10.2. The van der Waals surface area contributed by atoms with Gasteiger partial charge in [-0.3, -0.25) is 0 Å². The highest BCUT2D eigenvalue weighted by atomic mass is 16.6. The third kappa shape index (κ3) is 1.39.